The first-order valence-electron chi connectivity index (χ1n) is 10.0. The Morgan fingerprint density at radius 1 is 1.13 bits per heavy atom. The van der Waals surface area contributed by atoms with Gasteiger partial charge in [0.15, 0.2) is 6.61 Å². The second-order valence-electron chi connectivity index (χ2n) is 7.32. The molecule has 1 amide bonds. The maximum Gasteiger partial charge on any atom is 0.341 e. The Morgan fingerprint density at radius 2 is 1.87 bits per heavy atom. The number of hydrogen-bond acceptors (Lipinski definition) is 5. The van der Waals surface area contributed by atoms with Crippen molar-refractivity contribution in [2.24, 2.45) is 0 Å². The van der Waals surface area contributed by atoms with Crippen LogP contribution in [0.2, 0.25) is 5.02 Å². The number of esters is 1. The summed E-state index contributed by atoms with van der Waals surface area (Å²) < 4.78 is 10.5. The molecule has 0 spiro atoms. The molecule has 1 heterocycles. The molecule has 1 N–H and O–H groups in total. The number of carbonyl (C=O) groups is 2. The van der Waals surface area contributed by atoms with Gasteiger partial charge in [0, 0.05) is 4.88 Å². The van der Waals surface area contributed by atoms with Crippen LogP contribution in [0.15, 0.2) is 54.6 Å². The Labute approximate surface area is 190 Å². The number of nitrogens with one attached hydrogen (secondary N) is 1. The summed E-state index contributed by atoms with van der Waals surface area (Å²) in [5.41, 5.74) is 2.73. The molecule has 7 heteroatoms. The lowest BCUT2D eigenvalue weighted by Gasteiger charge is -2.22. The van der Waals surface area contributed by atoms with Crippen molar-refractivity contribution in [3.8, 4) is 5.75 Å². The van der Waals surface area contributed by atoms with Crippen LogP contribution in [0.5, 0.6) is 5.75 Å². The van der Waals surface area contributed by atoms with Gasteiger partial charge in [-0.1, -0.05) is 54.1 Å². The number of benzene rings is 2. The number of ether oxygens (including phenoxy) is 2. The van der Waals surface area contributed by atoms with Crippen LogP contribution in [0, 0.1) is 0 Å². The van der Waals surface area contributed by atoms with E-state index in [9.17, 15) is 9.59 Å². The van der Waals surface area contributed by atoms with Crippen molar-refractivity contribution in [1.29, 1.82) is 0 Å². The highest BCUT2D eigenvalue weighted by atomic mass is 35.5. The van der Waals surface area contributed by atoms with Crippen LogP contribution in [0.1, 0.15) is 38.7 Å². The third-order valence-electron chi connectivity index (χ3n) is 5.37. The van der Waals surface area contributed by atoms with Crippen LogP contribution >= 0.6 is 22.9 Å². The number of amides is 1. The van der Waals surface area contributed by atoms with Crippen molar-refractivity contribution in [2.75, 3.05) is 19.0 Å². The summed E-state index contributed by atoms with van der Waals surface area (Å²) in [6.45, 7) is -0.209. The van der Waals surface area contributed by atoms with E-state index in [1.807, 2.05) is 18.2 Å². The monoisotopic (exact) mass is 455 g/mol. The molecule has 160 valence electrons. The van der Waals surface area contributed by atoms with Crippen LogP contribution in [-0.2, 0) is 22.4 Å². The average Bonchev–Trinajstić information content (AvgIpc) is 3.15. The number of halogens is 1. The quantitative estimate of drug-likeness (QED) is 0.500. The molecule has 4 rings (SSSR count). The molecule has 0 unspecified atom stereocenters. The Hall–Kier alpha value is -2.83. The van der Waals surface area contributed by atoms with Gasteiger partial charge in [0.1, 0.15) is 10.8 Å². The molecule has 1 aliphatic carbocycles. The standard InChI is InChI=1S/C24H22ClNO4S/c1-29-24(28)22-17-12-11-16(15-7-3-2-4-8-15)13-20(17)31-23(22)26-21(27)14-30-19-10-6-5-9-18(19)25/h2-10,16H,11-14H2,1H3,(H,26,27)/t16-/m0/s1. The van der Waals surface area contributed by atoms with Gasteiger partial charge in [-0.3, -0.25) is 4.79 Å². The predicted octanol–water partition coefficient (Wildman–Crippen LogP) is 5.48. The third kappa shape index (κ3) is 4.75. The molecule has 0 fully saturated rings. The number of carbonyl (C=O) groups excluding carboxylic acids is 2. The van der Waals surface area contributed by atoms with Crippen molar-refractivity contribution >= 4 is 39.8 Å². The minimum absolute atomic E-state index is 0.209. The smallest absolute Gasteiger partial charge is 0.341 e. The second-order valence-corrected chi connectivity index (χ2v) is 8.83. The van der Waals surface area contributed by atoms with E-state index in [1.165, 1.54) is 24.0 Å². The van der Waals surface area contributed by atoms with Crippen LogP contribution in [-0.4, -0.2) is 25.6 Å². The molecule has 3 aromatic rings. The largest absolute Gasteiger partial charge is 0.482 e. The molecular weight excluding hydrogens is 434 g/mol. The highest BCUT2D eigenvalue weighted by molar-refractivity contribution is 7.17. The van der Waals surface area contributed by atoms with Crippen molar-refractivity contribution in [3.63, 3.8) is 0 Å². The van der Waals surface area contributed by atoms with Gasteiger partial charge in [0.2, 0.25) is 0 Å². The molecule has 0 aliphatic heterocycles. The lowest BCUT2D eigenvalue weighted by molar-refractivity contribution is -0.118. The first-order chi connectivity index (χ1) is 15.1. The maximum absolute atomic E-state index is 12.5. The van der Waals surface area contributed by atoms with E-state index in [1.54, 1.807) is 24.3 Å². The SMILES string of the molecule is COC(=O)c1c(NC(=O)COc2ccccc2Cl)sc2c1CC[C@H](c1ccccc1)C2. The van der Waals surface area contributed by atoms with Crippen molar-refractivity contribution in [1.82, 2.24) is 0 Å². The van der Waals surface area contributed by atoms with Gasteiger partial charge >= 0.3 is 5.97 Å². The zero-order valence-electron chi connectivity index (χ0n) is 17.0. The fourth-order valence-electron chi connectivity index (χ4n) is 3.87. The van der Waals surface area contributed by atoms with Crippen molar-refractivity contribution < 1.29 is 19.1 Å². The lowest BCUT2D eigenvalue weighted by atomic mass is 9.83. The molecule has 31 heavy (non-hydrogen) atoms. The van der Waals surface area contributed by atoms with E-state index >= 15 is 0 Å². The second kappa shape index (κ2) is 9.54. The van der Waals surface area contributed by atoms with Gasteiger partial charge < -0.3 is 14.8 Å². The summed E-state index contributed by atoms with van der Waals surface area (Å²) in [5, 5.41) is 3.78. The molecule has 2 aromatic carbocycles. The fraction of sp³-hybridized carbons (Fsp3) is 0.250. The number of methoxy groups -OCH3 is 1. The van der Waals surface area contributed by atoms with Crippen molar-refractivity contribution in [3.05, 3.63) is 81.2 Å². The zero-order valence-corrected chi connectivity index (χ0v) is 18.6. The highest BCUT2D eigenvalue weighted by Gasteiger charge is 2.30. The molecule has 1 aromatic heterocycles. The van der Waals surface area contributed by atoms with E-state index in [0.29, 0.717) is 27.3 Å². The topological polar surface area (TPSA) is 64.6 Å². The van der Waals surface area contributed by atoms with Crippen molar-refractivity contribution in [2.45, 2.75) is 25.2 Å². The van der Waals surface area contributed by atoms with E-state index in [2.05, 4.69) is 17.4 Å². The number of fused-ring (bicyclic) bond motifs is 1. The Balaban J connectivity index is 1.52. The van der Waals surface area contributed by atoms with E-state index in [4.69, 9.17) is 21.1 Å². The van der Waals surface area contributed by atoms with Gasteiger partial charge in [-0.25, -0.2) is 4.79 Å². The minimum atomic E-state index is -0.432. The first-order valence-corrected chi connectivity index (χ1v) is 11.2. The number of anilines is 1. The molecule has 0 saturated carbocycles. The summed E-state index contributed by atoms with van der Waals surface area (Å²) >= 11 is 7.51. The first kappa shape index (κ1) is 21.4. The Morgan fingerprint density at radius 3 is 2.61 bits per heavy atom. The number of para-hydroxylation sites is 1. The molecule has 1 atom stereocenters. The zero-order chi connectivity index (χ0) is 21.8. The highest BCUT2D eigenvalue weighted by Crippen LogP contribution is 2.42. The number of thiophene rings is 1. The summed E-state index contributed by atoms with van der Waals surface area (Å²) in [5.74, 6) is 0.0369. The minimum Gasteiger partial charge on any atom is -0.482 e. The van der Waals surface area contributed by atoms with Crippen LogP contribution < -0.4 is 10.1 Å². The molecule has 0 bridgehead atoms. The average molecular weight is 456 g/mol. The van der Waals surface area contributed by atoms with E-state index in [-0.39, 0.29) is 12.5 Å². The Bertz CT molecular complexity index is 1100. The molecule has 0 saturated heterocycles. The normalized spacial score (nSPS) is 15.1. The van der Waals surface area contributed by atoms with Gasteiger partial charge in [0.05, 0.1) is 17.7 Å². The summed E-state index contributed by atoms with van der Waals surface area (Å²) in [6, 6.07) is 17.3. The molecule has 0 radical (unpaired) electrons. The van der Waals surface area contributed by atoms with Crippen LogP contribution in [0.25, 0.3) is 0 Å². The fourth-order valence-corrected chi connectivity index (χ4v) is 5.39. The van der Waals surface area contributed by atoms with Gasteiger partial charge in [-0.2, -0.15) is 0 Å². The van der Waals surface area contributed by atoms with Gasteiger partial charge in [0.25, 0.3) is 5.91 Å². The summed E-state index contributed by atoms with van der Waals surface area (Å²) in [4.78, 5) is 26.2. The molecular formula is C24H22ClNO4S. The van der Waals surface area contributed by atoms with Crippen LogP contribution in [0.3, 0.4) is 0 Å². The molecule has 5 nitrogen and oxygen atoms in total. The van der Waals surface area contributed by atoms with Gasteiger partial charge in [-0.15, -0.1) is 11.3 Å². The summed E-state index contributed by atoms with van der Waals surface area (Å²) in [6.07, 6.45) is 2.54. The summed E-state index contributed by atoms with van der Waals surface area (Å²) in [7, 11) is 1.36. The van der Waals surface area contributed by atoms with E-state index < -0.39 is 5.97 Å². The number of rotatable bonds is 6. The van der Waals surface area contributed by atoms with E-state index in [0.717, 1.165) is 29.7 Å². The number of hydrogen-bond donors (Lipinski definition) is 1. The Kier molecular flexibility index (Phi) is 6.59. The lowest BCUT2D eigenvalue weighted by Crippen LogP contribution is -2.21. The van der Waals surface area contributed by atoms with Gasteiger partial charge in [-0.05, 0) is 48.4 Å². The predicted molar refractivity (Wildman–Crippen MR) is 122 cm³/mol. The van der Waals surface area contributed by atoms with Crippen LogP contribution in [0.4, 0.5) is 5.00 Å². The third-order valence-corrected chi connectivity index (χ3v) is 6.86. The maximum atomic E-state index is 12.5. The molecule has 1 aliphatic rings.